The molecular weight excluding hydrogens is 318 g/mol. The van der Waals surface area contributed by atoms with Crippen LogP contribution in [0, 0.1) is 0 Å². The Morgan fingerprint density at radius 3 is 2.83 bits per heavy atom. The van der Waals surface area contributed by atoms with Crippen molar-refractivity contribution < 1.29 is 14.7 Å². The Balaban J connectivity index is 1.75. The molecule has 1 fully saturated rings. The third-order valence-corrected chi connectivity index (χ3v) is 4.73. The first kappa shape index (κ1) is 13.8. The highest BCUT2D eigenvalue weighted by atomic mass is 32.2. The number of carbonyl (C=O) groups excluding carboxylic acids is 1. The third kappa shape index (κ3) is 2.25. The zero-order chi connectivity index (χ0) is 16.0. The number of amides is 1. The Kier molecular flexibility index (Phi) is 3.08. The summed E-state index contributed by atoms with van der Waals surface area (Å²) in [5.74, 6) is -0.596. The summed E-state index contributed by atoms with van der Waals surface area (Å²) in [6, 6.07) is 8.82. The number of aromatic carboxylic acids is 1. The smallest absolute Gasteiger partial charge is 0.356 e. The van der Waals surface area contributed by atoms with E-state index in [4.69, 9.17) is 0 Å². The molecule has 23 heavy (non-hydrogen) atoms. The molecule has 1 amide bonds. The maximum absolute atomic E-state index is 11.5. The number of carbonyl (C=O) groups is 2. The number of nitrogens with zero attached hydrogens (tertiary/aromatic N) is 3. The minimum Gasteiger partial charge on any atom is -0.476 e. The van der Waals surface area contributed by atoms with Crippen LogP contribution in [0.1, 0.15) is 22.1 Å². The number of rotatable bonds is 3. The molecule has 0 saturated carbocycles. The van der Waals surface area contributed by atoms with Crippen LogP contribution in [0.25, 0.3) is 5.69 Å². The molecule has 8 nitrogen and oxygen atoms in total. The van der Waals surface area contributed by atoms with E-state index in [0.29, 0.717) is 11.4 Å². The molecule has 0 aliphatic carbocycles. The van der Waals surface area contributed by atoms with Gasteiger partial charge in [-0.05, 0) is 12.1 Å². The number of carboxylic acids is 1. The number of aromatic nitrogens is 2. The topological polar surface area (TPSA) is 109 Å². The van der Waals surface area contributed by atoms with E-state index in [-0.39, 0.29) is 16.2 Å². The van der Waals surface area contributed by atoms with Gasteiger partial charge in [0.1, 0.15) is 5.84 Å². The molecule has 1 saturated heterocycles. The molecule has 1 aromatic heterocycles. The predicted molar refractivity (Wildman–Crippen MR) is 83.7 cm³/mol. The van der Waals surface area contributed by atoms with Crippen LogP contribution >= 0.6 is 11.8 Å². The molecule has 4 rings (SSSR count). The van der Waals surface area contributed by atoms with Gasteiger partial charge in [-0.15, -0.1) is 0 Å². The van der Waals surface area contributed by atoms with Crippen molar-refractivity contribution in [1.82, 2.24) is 20.5 Å². The van der Waals surface area contributed by atoms with Crippen LogP contribution < -0.4 is 10.7 Å². The van der Waals surface area contributed by atoms with Gasteiger partial charge in [0, 0.05) is 11.8 Å². The van der Waals surface area contributed by atoms with E-state index in [9.17, 15) is 14.7 Å². The molecule has 1 aromatic carbocycles. The molecule has 3 heterocycles. The van der Waals surface area contributed by atoms with Crippen molar-refractivity contribution in [2.75, 3.05) is 0 Å². The Morgan fingerprint density at radius 2 is 2.09 bits per heavy atom. The SMILES string of the molecule is O=C1NC2=NN[C@@H](c3cn(-c4ccccc4)nc3C(=O)O)[C@@H]2S1. The van der Waals surface area contributed by atoms with Gasteiger partial charge in [-0.2, -0.15) is 10.2 Å². The van der Waals surface area contributed by atoms with Crippen molar-refractivity contribution in [2.45, 2.75) is 11.3 Å². The van der Waals surface area contributed by atoms with Crippen molar-refractivity contribution in [3.63, 3.8) is 0 Å². The number of benzene rings is 1. The highest BCUT2D eigenvalue weighted by Gasteiger charge is 2.43. The van der Waals surface area contributed by atoms with E-state index < -0.39 is 12.0 Å². The highest BCUT2D eigenvalue weighted by Crippen LogP contribution is 2.36. The lowest BCUT2D eigenvalue weighted by Gasteiger charge is -2.13. The van der Waals surface area contributed by atoms with Crippen molar-refractivity contribution in [3.8, 4) is 5.69 Å². The second-order valence-electron chi connectivity index (χ2n) is 5.07. The number of amidine groups is 1. The maximum atomic E-state index is 11.5. The normalized spacial score (nSPS) is 22.3. The molecule has 0 radical (unpaired) electrons. The van der Waals surface area contributed by atoms with Crippen LogP contribution in [-0.2, 0) is 0 Å². The molecule has 0 unspecified atom stereocenters. The quantitative estimate of drug-likeness (QED) is 0.784. The molecule has 116 valence electrons. The second kappa shape index (κ2) is 5.13. The summed E-state index contributed by atoms with van der Waals surface area (Å²) in [5.41, 5.74) is 4.09. The summed E-state index contributed by atoms with van der Waals surface area (Å²) in [6.07, 6.45) is 1.66. The Bertz CT molecular complexity index is 832. The van der Waals surface area contributed by atoms with Crippen molar-refractivity contribution in [3.05, 3.63) is 47.8 Å². The van der Waals surface area contributed by atoms with Crippen LogP contribution in [0.3, 0.4) is 0 Å². The fraction of sp³-hybridized carbons (Fsp3) is 0.143. The number of nitrogens with one attached hydrogen (secondary N) is 2. The van der Waals surface area contributed by atoms with Gasteiger partial charge in [0.15, 0.2) is 5.69 Å². The van der Waals surface area contributed by atoms with Gasteiger partial charge in [-0.1, -0.05) is 30.0 Å². The van der Waals surface area contributed by atoms with Gasteiger partial charge in [-0.25, -0.2) is 9.48 Å². The second-order valence-corrected chi connectivity index (χ2v) is 6.19. The van der Waals surface area contributed by atoms with Gasteiger partial charge in [0.05, 0.1) is 17.0 Å². The summed E-state index contributed by atoms with van der Waals surface area (Å²) in [5, 5.41) is 19.9. The molecule has 2 aliphatic heterocycles. The zero-order valence-electron chi connectivity index (χ0n) is 11.6. The number of hydrogen-bond donors (Lipinski definition) is 3. The van der Waals surface area contributed by atoms with E-state index in [0.717, 1.165) is 17.4 Å². The summed E-state index contributed by atoms with van der Waals surface area (Å²) in [4.78, 5) is 23.0. The average molecular weight is 329 g/mol. The summed E-state index contributed by atoms with van der Waals surface area (Å²) >= 11 is 1.09. The summed E-state index contributed by atoms with van der Waals surface area (Å²) < 4.78 is 1.52. The van der Waals surface area contributed by atoms with Crippen LogP contribution in [0.4, 0.5) is 4.79 Å². The van der Waals surface area contributed by atoms with Crippen LogP contribution in [0.15, 0.2) is 41.6 Å². The molecular formula is C14H11N5O3S. The minimum absolute atomic E-state index is 0.0530. The number of para-hydroxylation sites is 1. The van der Waals surface area contributed by atoms with Crippen molar-refractivity contribution in [1.29, 1.82) is 0 Å². The Labute approximate surface area is 134 Å². The minimum atomic E-state index is -1.12. The average Bonchev–Trinajstić information content (AvgIpc) is 3.21. The van der Waals surface area contributed by atoms with Crippen LogP contribution in [-0.4, -0.2) is 37.2 Å². The third-order valence-electron chi connectivity index (χ3n) is 3.66. The Morgan fingerprint density at radius 1 is 1.30 bits per heavy atom. The number of carboxylic acid groups (broad SMARTS) is 1. The first-order chi connectivity index (χ1) is 11.1. The molecule has 3 N–H and O–H groups in total. The lowest BCUT2D eigenvalue weighted by molar-refractivity contribution is 0.0688. The van der Waals surface area contributed by atoms with Crippen LogP contribution in [0.5, 0.6) is 0 Å². The van der Waals surface area contributed by atoms with Gasteiger partial charge in [0.2, 0.25) is 0 Å². The molecule has 2 atom stereocenters. The lowest BCUT2D eigenvalue weighted by atomic mass is 10.1. The highest BCUT2D eigenvalue weighted by molar-refractivity contribution is 8.15. The molecule has 9 heteroatoms. The maximum Gasteiger partial charge on any atom is 0.356 e. The lowest BCUT2D eigenvalue weighted by Crippen LogP contribution is -2.25. The number of thioether (sulfide) groups is 1. The summed E-state index contributed by atoms with van der Waals surface area (Å²) in [7, 11) is 0. The summed E-state index contributed by atoms with van der Waals surface area (Å²) in [6.45, 7) is 0. The van der Waals surface area contributed by atoms with Crippen molar-refractivity contribution >= 4 is 28.8 Å². The monoisotopic (exact) mass is 329 g/mol. The predicted octanol–water partition coefficient (Wildman–Crippen LogP) is 1.35. The van der Waals surface area contributed by atoms with E-state index >= 15 is 0 Å². The van der Waals surface area contributed by atoms with Gasteiger partial charge in [0.25, 0.3) is 5.24 Å². The first-order valence-corrected chi connectivity index (χ1v) is 7.70. The number of hydrogen-bond acceptors (Lipinski definition) is 6. The number of fused-ring (bicyclic) bond motifs is 1. The molecule has 2 aromatic rings. The van der Waals surface area contributed by atoms with E-state index in [1.165, 1.54) is 4.68 Å². The van der Waals surface area contributed by atoms with E-state index in [1.54, 1.807) is 6.20 Å². The fourth-order valence-electron chi connectivity index (χ4n) is 2.63. The number of hydrazone groups is 1. The standard InChI is InChI=1S/C14H11N5O3S/c20-13(21)10-8(6-19(18-10)7-4-2-1-3-5-7)9-11-12(17-16-9)15-14(22)23-11/h1-6,9,11,16H,(H,20,21)(H,15,17,22)/t9-,11-/m0/s1. The molecule has 0 spiro atoms. The van der Waals surface area contributed by atoms with Gasteiger partial charge in [-0.3, -0.25) is 10.2 Å². The van der Waals surface area contributed by atoms with Gasteiger partial charge < -0.3 is 10.4 Å². The molecule has 2 aliphatic rings. The van der Waals surface area contributed by atoms with E-state index in [1.807, 2.05) is 30.3 Å². The van der Waals surface area contributed by atoms with Crippen molar-refractivity contribution in [2.24, 2.45) is 5.10 Å². The van der Waals surface area contributed by atoms with Gasteiger partial charge >= 0.3 is 5.97 Å². The first-order valence-electron chi connectivity index (χ1n) is 6.82. The largest absolute Gasteiger partial charge is 0.476 e. The zero-order valence-corrected chi connectivity index (χ0v) is 12.4. The van der Waals surface area contributed by atoms with E-state index in [2.05, 4.69) is 20.9 Å². The molecule has 0 bridgehead atoms. The Hall–Kier alpha value is -2.81. The fourth-order valence-corrected chi connectivity index (χ4v) is 3.59. The van der Waals surface area contributed by atoms with Crippen LogP contribution in [0.2, 0.25) is 0 Å².